The van der Waals surface area contributed by atoms with Crippen molar-refractivity contribution in [1.82, 2.24) is 10.2 Å². The van der Waals surface area contributed by atoms with Crippen molar-refractivity contribution < 1.29 is 23.9 Å². The molecule has 8 heteroatoms. The third-order valence-electron chi connectivity index (χ3n) is 15.0. The summed E-state index contributed by atoms with van der Waals surface area (Å²) in [5, 5.41) is 6.01. The van der Waals surface area contributed by atoms with Gasteiger partial charge in [-0.15, -0.1) is 0 Å². The lowest BCUT2D eigenvalue weighted by molar-refractivity contribution is -0.135. The Morgan fingerprint density at radius 3 is 1.41 bits per heavy atom. The molecule has 0 bridgehead atoms. The number of anilines is 1. The summed E-state index contributed by atoms with van der Waals surface area (Å²) < 4.78 is 5.77. The molecular formula is C80H131N3O5. The molecule has 3 amide bonds. The number of nitrogens with zero attached hydrogens (tertiary/aromatic N) is 1. The normalized spacial score (nSPS) is 14.7. The van der Waals surface area contributed by atoms with Gasteiger partial charge in [-0.1, -0.05) is 260 Å². The van der Waals surface area contributed by atoms with Gasteiger partial charge in [-0.2, -0.15) is 0 Å². The maximum Gasteiger partial charge on any atom is 0.251 e. The van der Waals surface area contributed by atoms with Gasteiger partial charge in [-0.25, -0.2) is 0 Å². The number of ether oxygens (including phenoxy) is 1. The number of amides is 3. The first kappa shape index (κ1) is 80.8. The van der Waals surface area contributed by atoms with Gasteiger partial charge in [0.2, 0.25) is 11.8 Å². The summed E-state index contributed by atoms with van der Waals surface area (Å²) in [4.78, 5) is 50.6. The van der Waals surface area contributed by atoms with Crippen molar-refractivity contribution in [3.8, 4) is 5.75 Å². The van der Waals surface area contributed by atoms with E-state index in [0.29, 0.717) is 49.3 Å². The number of nitrogens with one attached hydrogen (secondary N) is 2. The topological polar surface area (TPSA) is 105 Å². The number of carbonyl (C=O) groups excluding carboxylic acids is 4. The third kappa shape index (κ3) is 35.2. The van der Waals surface area contributed by atoms with Crippen LogP contribution in [0.1, 0.15) is 285 Å². The van der Waals surface area contributed by atoms with Crippen LogP contribution in [-0.2, 0) is 37.0 Å². The monoisotopic (exact) mass is 1210 g/mol. The smallest absolute Gasteiger partial charge is 0.251 e. The van der Waals surface area contributed by atoms with Gasteiger partial charge in [0.25, 0.3) is 5.91 Å². The number of rotatable bonds is 12. The molecule has 496 valence electrons. The summed E-state index contributed by atoms with van der Waals surface area (Å²) in [5.41, 5.74) is 7.83. The van der Waals surface area contributed by atoms with Crippen molar-refractivity contribution in [2.24, 2.45) is 38.4 Å². The molecule has 1 heterocycles. The Kier molecular flexibility index (Phi) is 30.5. The van der Waals surface area contributed by atoms with Gasteiger partial charge in [0.05, 0.1) is 0 Å². The van der Waals surface area contributed by atoms with E-state index in [1.807, 2.05) is 60.7 Å². The molecule has 1 aliphatic rings. The molecule has 2 N–H and O–H groups in total. The molecule has 4 aromatic carbocycles. The molecule has 88 heavy (non-hydrogen) atoms. The zero-order valence-corrected chi connectivity index (χ0v) is 62.0. The maximum absolute atomic E-state index is 12.3. The average Bonchev–Trinajstić information content (AvgIpc) is 2.41. The van der Waals surface area contributed by atoms with E-state index in [1.54, 1.807) is 0 Å². The predicted molar refractivity (Wildman–Crippen MR) is 380 cm³/mol. The van der Waals surface area contributed by atoms with E-state index in [4.69, 9.17) is 4.74 Å². The molecule has 0 aromatic heterocycles. The number of hydrogen-bond donors (Lipinski definition) is 2. The average molecular weight is 1210 g/mol. The van der Waals surface area contributed by atoms with Crippen LogP contribution in [0.15, 0.2) is 103 Å². The lowest BCUT2D eigenvalue weighted by atomic mass is 9.73. The minimum absolute atomic E-state index is 0.0146. The fourth-order valence-corrected chi connectivity index (χ4v) is 10.1. The highest BCUT2D eigenvalue weighted by atomic mass is 16.5. The molecule has 0 saturated carbocycles. The Hall–Kier alpha value is -5.24. The molecule has 2 unspecified atom stereocenters. The highest BCUT2D eigenvalue weighted by molar-refractivity contribution is 5.94. The van der Waals surface area contributed by atoms with E-state index in [2.05, 4.69) is 266 Å². The third-order valence-corrected chi connectivity index (χ3v) is 15.0. The van der Waals surface area contributed by atoms with Gasteiger partial charge in [-0.3, -0.25) is 19.2 Å². The van der Waals surface area contributed by atoms with Crippen LogP contribution in [0.2, 0.25) is 0 Å². The molecule has 1 fully saturated rings. The number of para-hydroxylation sites is 1. The second kappa shape index (κ2) is 33.2. The van der Waals surface area contributed by atoms with Gasteiger partial charge in [-0.05, 0) is 154 Å². The van der Waals surface area contributed by atoms with Crippen molar-refractivity contribution in [2.45, 2.75) is 287 Å². The molecule has 1 saturated heterocycles. The van der Waals surface area contributed by atoms with Gasteiger partial charge in [0, 0.05) is 56.1 Å². The summed E-state index contributed by atoms with van der Waals surface area (Å²) >= 11 is 0. The van der Waals surface area contributed by atoms with Crippen molar-refractivity contribution in [1.29, 1.82) is 0 Å². The predicted octanol–water partition coefficient (Wildman–Crippen LogP) is 21.4. The SMILES string of the molecule is CC(C)(C)CC(=O)CC(Cc1ccccc1)C(C)(C)C.CC(C)(C)CC(=O)N1CCCC1C(C)(C)C.CC(C)(C)CC(=O)Nc1ccccc1C(C)(C)C.CC(C)(C)CCNC(=O)c1ccc(C(C)(C)C)cc1.CC(C)(C)Oc1ccc(C(C)(C)C)cc1. The molecule has 2 atom stereocenters. The molecule has 4 aromatic rings. The lowest BCUT2D eigenvalue weighted by Gasteiger charge is -2.36. The largest absolute Gasteiger partial charge is 0.488 e. The second-order valence-corrected chi connectivity index (χ2v) is 36.0. The first-order chi connectivity index (χ1) is 39.6. The van der Waals surface area contributed by atoms with Gasteiger partial charge < -0.3 is 20.3 Å². The fourth-order valence-electron chi connectivity index (χ4n) is 10.1. The quantitative estimate of drug-likeness (QED) is 0.147. The summed E-state index contributed by atoms with van der Waals surface area (Å²) in [6.07, 6.45) is 6.87. The van der Waals surface area contributed by atoms with Crippen molar-refractivity contribution in [3.63, 3.8) is 0 Å². The van der Waals surface area contributed by atoms with Crippen molar-refractivity contribution in [2.75, 3.05) is 18.4 Å². The Morgan fingerprint density at radius 2 is 0.989 bits per heavy atom. The Balaban J connectivity index is 0.000000552. The van der Waals surface area contributed by atoms with E-state index in [0.717, 1.165) is 49.4 Å². The Bertz CT molecular complexity index is 2700. The summed E-state index contributed by atoms with van der Waals surface area (Å²) in [5.74, 6) is 2.18. The van der Waals surface area contributed by atoms with Gasteiger partial charge >= 0.3 is 0 Å². The van der Waals surface area contributed by atoms with Crippen LogP contribution in [0.3, 0.4) is 0 Å². The van der Waals surface area contributed by atoms with E-state index >= 15 is 0 Å². The zero-order valence-electron chi connectivity index (χ0n) is 62.0. The second-order valence-electron chi connectivity index (χ2n) is 36.0. The van der Waals surface area contributed by atoms with E-state index in [-0.39, 0.29) is 66.2 Å². The summed E-state index contributed by atoms with van der Waals surface area (Å²) in [7, 11) is 0. The Morgan fingerprint density at radius 1 is 0.523 bits per heavy atom. The number of likely N-dealkylation sites (tertiary alicyclic amines) is 1. The number of carbonyl (C=O) groups is 4. The lowest BCUT2D eigenvalue weighted by Crippen LogP contribution is -2.44. The van der Waals surface area contributed by atoms with Crippen molar-refractivity contribution in [3.05, 3.63) is 131 Å². The summed E-state index contributed by atoms with van der Waals surface area (Å²) in [6.45, 7) is 66.5. The highest BCUT2D eigenvalue weighted by Crippen LogP contribution is 2.36. The standard InChI is InChI=1S/C19H30O.C17H27NO.C16H25NO.C14H27NO.C14H22O/c1-18(2,3)14-17(20)13-16(19(4,5)6)12-15-10-8-7-9-11-15;1-16(2,3)11-12-18-15(19)13-7-9-14(10-8-13)17(4,5)6;1-15(2,3)11-14(18)17-13-10-8-7-9-12(13)16(4,5)6;1-13(2,3)10-12(16)15-9-7-8-11(15)14(4,5)6;1-13(2,3)11-7-9-12(10-8-11)15-14(4,5)6/h7-11,16H,12-14H2,1-6H3;7-10H,11-12H2,1-6H3,(H,18,19);7-10H,11H2,1-6H3,(H,17,18);11H,7-10H2,1-6H3;7-10H,1-6H3. The van der Waals surface area contributed by atoms with Crippen LogP contribution >= 0.6 is 0 Å². The number of ketones is 1. The van der Waals surface area contributed by atoms with Crippen LogP contribution in [0, 0.1) is 38.4 Å². The maximum atomic E-state index is 12.3. The van der Waals surface area contributed by atoms with Crippen LogP contribution < -0.4 is 15.4 Å². The first-order valence-electron chi connectivity index (χ1n) is 33.0. The van der Waals surface area contributed by atoms with Gasteiger partial charge in [0.15, 0.2) is 0 Å². The summed E-state index contributed by atoms with van der Waals surface area (Å²) in [6, 6.07) is 35.2. The molecule has 8 nitrogen and oxygen atoms in total. The first-order valence-corrected chi connectivity index (χ1v) is 33.0. The minimum atomic E-state index is -0.122. The molecule has 1 aliphatic heterocycles. The number of benzene rings is 4. The van der Waals surface area contributed by atoms with E-state index < -0.39 is 0 Å². The van der Waals surface area contributed by atoms with Crippen LogP contribution in [0.4, 0.5) is 5.69 Å². The van der Waals surface area contributed by atoms with E-state index in [1.165, 1.54) is 28.7 Å². The molecule has 0 aliphatic carbocycles. The molecule has 0 radical (unpaired) electrons. The van der Waals surface area contributed by atoms with Crippen molar-refractivity contribution >= 4 is 29.2 Å². The molecule has 5 rings (SSSR count). The van der Waals surface area contributed by atoms with Crippen LogP contribution in [-0.4, -0.2) is 53.1 Å². The minimum Gasteiger partial charge on any atom is -0.488 e. The van der Waals surface area contributed by atoms with Gasteiger partial charge in [0.1, 0.15) is 17.1 Å². The Labute approximate surface area is 541 Å². The molecule has 0 spiro atoms. The highest BCUT2D eigenvalue weighted by Gasteiger charge is 2.38. The van der Waals surface area contributed by atoms with Crippen LogP contribution in [0.5, 0.6) is 5.75 Å². The van der Waals surface area contributed by atoms with Crippen LogP contribution in [0.25, 0.3) is 0 Å². The fraction of sp³-hybridized carbons (Fsp3) is 0.650. The molecular weight excluding hydrogens is 1080 g/mol. The number of Topliss-reactive ketones (excluding diaryl/α,β-unsaturated/α-hetero) is 1. The number of hydrogen-bond acceptors (Lipinski definition) is 5. The van der Waals surface area contributed by atoms with E-state index in [9.17, 15) is 19.2 Å². The zero-order chi connectivity index (χ0) is 68.3.